The molecule has 0 spiro atoms. The average molecular weight is 378 g/mol. The largest absolute Gasteiger partial charge is 0.494 e. The van der Waals surface area contributed by atoms with E-state index in [0.29, 0.717) is 19.5 Å². The minimum absolute atomic E-state index is 0.0588. The van der Waals surface area contributed by atoms with Crippen LogP contribution in [0.3, 0.4) is 0 Å². The van der Waals surface area contributed by atoms with E-state index in [9.17, 15) is 39.5 Å². The Morgan fingerprint density at radius 3 is 1.92 bits per heavy atom. The molecule has 138 valence electrons. The lowest BCUT2D eigenvalue weighted by atomic mass is 10.1. The van der Waals surface area contributed by atoms with E-state index in [-0.39, 0.29) is 16.7 Å². The van der Waals surface area contributed by atoms with E-state index < -0.39 is 46.9 Å². The highest BCUT2D eigenvalue weighted by molar-refractivity contribution is 5.56. The third-order valence-electron chi connectivity index (χ3n) is 3.06. The molecule has 2 aromatic rings. The number of hydrogen-bond acceptors (Lipinski definition) is 2. The van der Waals surface area contributed by atoms with Gasteiger partial charge in [0.25, 0.3) is 0 Å². The lowest BCUT2D eigenvalue weighted by Crippen LogP contribution is -2.18. The van der Waals surface area contributed by atoms with Gasteiger partial charge in [0.15, 0.2) is 5.75 Å². The summed E-state index contributed by atoms with van der Waals surface area (Å²) in [6.07, 6.45) is -14.4. The fourth-order valence-corrected chi connectivity index (χ4v) is 2.09. The predicted molar refractivity (Wildman–Crippen MR) is 65.1 cm³/mol. The first-order chi connectivity index (χ1) is 11.3. The van der Waals surface area contributed by atoms with Crippen LogP contribution in [0.1, 0.15) is 17.0 Å². The highest BCUT2D eigenvalue weighted by Gasteiger charge is 2.42. The van der Waals surface area contributed by atoms with Gasteiger partial charge in [0, 0.05) is 12.4 Å². The van der Waals surface area contributed by atoms with Crippen LogP contribution >= 0.6 is 0 Å². The molecule has 0 unspecified atom stereocenters. The first-order valence-electron chi connectivity index (χ1n) is 6.24. The van der Waals surface area contributed by atoms with Crippen LogP contribution in [0.15, 0.2) is 24.5 Å². The first-order valence-corrected chi connectivity index (χ1v) is 6.24. The molecule has 0 fully saturated rings. The summed E-state index contributed by atoms with van der Waals surface area (Å²) in [5.74, 6) is -2.89. The monoisotopic (exact) mass is 378 g/mol. The number of halogens is 9. The fourth-order valence-electron chi connectivity index (χ4n) is 2.09. The summed E-state index contributed by atoms with van der Waals surface area (Å²) in [6, 6.07) is -0.0997. The van der Waals surface area contributed by atoms with Crippen LogP contribution in [0.5, 0.6) is 5.75 Å². The van der Waals surface area contributed by atoms with Gasteiger partial charge in [-0.05, 0) is 12.1 Å². The Kier molecular flexibility index (Phi) is 4.43. The Morgan fingerprint density at radius 2 is 1.48 bits per heavy atom. The van der Waals surface area contributed by atoms with E-state index in [2.05, 4.69) is 9.72 Å². The zero-order chi connectivity index (χ0) is 19.2. The lowest BCUT2D eigenvalue weighted by Gasteiger charge is -2.20. The molecule has 0 saturated carbocycles. The van der Waals surface area contributed by atoms with E-state index in [0.717, 1.165) is 0 Å². The lowest BCUT2D eigenvalue weighted by molar-refractivity contribution is -0.145. The smallest absolute Gasteiger partial charge is 0.450 e. The van der Waals surface area contributed by atoms with Crippen molar-refractivity contribution < 1.29 is 44.3 Å². The standard InChI is InChI=1S/C13H7F9N2O/c1-25-9-7(12(17,18)19)4-6(11(14,15)16)5-8(9)24-3-2-23-10(24)13(20,21)22/h2-5H,1H3. The van der Waals surface area contributed by atoms with Gasteiger partial charge in [-0.25, -0.2) is 4.98 Å². The molecule has 12 heteroatoms. The molecule has 0 aliphatic rings. The van der Waals surface area contributed by atoms with Crippen LogP contribution in [0.2, 0.25) is 0 Å². The number of rotatable bonds is 2. The molecule has 1 aromatic carbocycles. The molecule has 1 heterocycles. The number of methoxy groups -OCH3 is 1. The van der Waals surface area contributed by atoms with Gasteiger partial charge in [-0.1, -0.05) is 0 Å². The topological polar surface area (TPSA) is 27.1 Å². The van der Waals surface area contributed by atoms with Crippen molar-refractivity contribution in [1.82, 2.24) is 9.55 Å². The first kappa shape index (κ1) is 18.9. The molecule has 0 amide bonds. The Morgan fingerprint density at radius 1 is 0.880 bits per heavy atom. The summed E-state index contributed by atoms with van der Waals surface area (Å²) in [5.41, 5.74) is -4.73. The zero-order valence-electron chi connectivity index (χ0n) is 12.0. The number of alkyl halides is 9. The van der Waals surface area contributed by atoms with Crippen LogP contribution in [0.25, 0.3) is 5.69 Å². The number of nitrogens with zero attached hydrogens (tertiary/aromatic N) is 2. The van der Waals surface area contributed by atoms with Crippen molar-refractivity contribution in [3.8, 4) is 11.4 Å². The van der Waals surface area contributed by atoms with E-state index in [1.165, 1.54) is 0 Å². The quantitative estimate of drug-likeness (QED) is 0.693. The number of aromatic nitrogens is 2. The maximum absolute atomic E-state index is 13.1. The molecular weight excluding hydrogens is 371 g/mol. The van der Waals surface area contributed by atoms with Crippen molar-refractivity contribution in [3.05, 3.63) is 41.5 Å². The summed E-state index contributed by atoms with van der Waals surface area (Å²) in [7, 11) is 0.700. The highest BCUT2D eigenvalue weighted by Crippen LogP contribution is 2.44. The van der Waals surface area contributed by atoms with Crippen molar-refractivity contribution in [2.24, 2.45) is 0 Å². The summed E-state index contributed by atoms with van der Waals surface area (Å²) >= 11 is 0. The van der Waals surface area contributed by atoms with Gasteiger partial charge in [-0.15, -0.1) is 0 Å². The number of hydrogen-bond donors (Lipinski definition) is 0. The maximum atomic E-state index is 13.1. The average Bonchev–Trinajstić information content (AvgIpc) is 2.93. The summed E-state index contributed by atoms with van der Waals surface area (Å²) in [4.78, 5) is 2.94. The van der Waals surface area contributed by atoms with Crippen molar-refractivity contribution >= 4 is 0 Å². The van der Waals surface area contributed by atoms with E-state index in [1.54, 1.807) is 0 Å². The van der Waals surface area contributed by atoms with Gasteiger partial charge in [0.2, 0.25) is 5.82 Å². The van der Waals surface area contributed by atoms with Crippen molar-refractivity contribution in [1.29, 1.82) is 0 Å². The van der Waals surface area contributed by atoms with Crippen LogP contribution < -0.4 is 4.74 Å². The second-order valence-corrected chi connectivity index (χ2v) is 4.69. The summed E-state index contributed by atoms with van der Waals surface area (Å²) in [6.45, 7) is 0. The van der Waals surface area contributed by atoms with E-state index in [4.69, 9.17) is 0 Å². The normalized spacial score (nSPS) is 13.2. The maximum Gasteiger partial charge on any atom is 0.450 e. The molecule has 3 nitrogen and oxygen atoms in total. The molecule has 0 aliphatic heterocycles. The molecule has 2 rings (SSSR count). The van der Waals surface area contributed by atoms with Gasteiger partial charge < -0.3 is 4.74 Å². The number of ether oxygens (including phenoxy) is 1. The van der Waals surface area contributed by atoms with Crippen molar-refractivity contribution in [2.45, 2.75) is 18.5 Å². The second kappa shape index (κ2) is 5.85. The summed E-state index contributed by atoms with van der Waals surface area (Å²) in [5, 5.41) is 0. The predicted octanol–water partition coefficient (Wildman–Crippen LogP) is 4.94. The fraction of sp³-hybridized carbons (Fsp3) is 0.308. The minimum Gasteiger partial charge on any atom is -0.494 e. The van der Waals surface area contributed by atoms with Crippen molar-refractivity contribution in [2.75, 3.05) is 7.11 Å². The van der Waals surface area contributed by atoms with E-state index in [1.807, 2.05) is 0 Å². The van der Waals surface area contributed by atoms with Crippen LogP contribution in [-0.2, 0) is 18.5 Å². The number of imidazole rings is 1. The molecule has 0 aliphatic carbocycles. The third-order valence-corrected chi connectivity index (χ3v) is 3.06. The SMILES string of the molecule is COc1c(-n2ccnc2C(F)(F)F)cc(C(F)(F)F)cc1C(F)(F)F. The molecule has 0 radical (unpaired) electrons. The Bertz CT molecular complexity index is 771. The Labute approximate surface area is 133 Å². The molecule has 1 aromatic heterocycles. The van der Waals surface area contributed by atoms with E-state index >= 15 is 0 Å². The number of benzene rings is 1. The second-order valence-electron chi connectivity index (χ2n) is 4.69. The van der Waals surface area contributed by atoms with Crippen LogP contribution in [-0.4, -0.2) is 16.7 Å². The van der Waals surface area contributed by atoms with Crippen LogP contribution in [0.4, 0.5) is 39.5 Å². The third kappa shape index (κ3) is 3.66. The molecule has 0 saturated heterocycles. The summed E-state index contributed by atoms with van der Waals surface area (Å²) < 4.78 is 121. The van der Waals surface area contributed by atoms with Gasteiger partial charge in [-0.3, -0.25) is 4.57 Å². The van der Waals surface area contributed by atoms with Crippen molar-refractivity contribution in [3.63, 3.8) is 0 Å². The van der Waals surface area contributed by atoms with Gasteiger partial charge >= 0.3 is 18.5 Å². The molecule has 25 heavy (non-hydrogen) atoms. The molecular formula is C13H7F9N2O. The minimum atomic E-state index is -5.29. The molecule has 0 bridgehead atoms. The molecule has 0 atom stereocenters. The van der Waals surface area contributed by atoms with Gasteiger partial charge in [-0.2, -0.15) is 39.5 Å². The highest BCUT2D eigenvalue weighted by atomic mass is 19.4. The van der Waals surface area contributed by atoms with Gasteiger partial charge in [0.05, 0.1) is 18.4 Å². The zero-order valence-corrected chi connectivity index (χ0v) is 12.0. The van der Waals surface area contributed by atoms with Crippen LogP contribution in [0, 0.1) is 0 Å². The molecule has 0 N–H and O–H groups in total. The Hall–Kier alpha value is -2.40. The Balaban J connectivity index is 2.88. The van der Waals surface area contributed by atoms with Gasteiger partial charge in [0.1, 0.15) is 5.56 Å².